The molecule has 0 spiro atoms. The summed E-state index contributed by atoms with van der Waals surface area (Å²) >= 11 is 7.42. The molecule has 0 saturated carbocycles. The Balaban J connectivity index is 1.54. The smallest absolute Gasteiger partial charge is 0.162 e. The lowest BCUT2D eigenvalue weighted by molar-refractivity contribution is -0.118. The Morgan fingerprint density at radius 3 is 2.51 bits per heavy atom. The molecule has 1 atom stereocenters. The molecule has 0 unspecified atom stereocenters. The van der Waals surface area contributed by atoms with Crippen LogP contribution >= 0.6 is 31.9 Å². The number of anilines is 1. The molecule has 0 radical (unpaired) electrons. The average Bonchev–Trinajstić information content (AvgIpc) is 2.86. The second-order valence-corrected chi connectivity index (χ2v) is 12.5. The van der Waals surface area contributed by atoms with Crippen LogP contribution in [0.2, 0.25) is 0 Å². The second kappa shape index (κ2) is 9.45. The van der Waals surface area contributed by atoms with E-state index in [0.29, 0.717) is 13.0 Å². The number of rotatable bonds is 4. The van der Waals surface area contributed by atoms with Crippen LogP contribution in [0.1, 0.15) is 49.4 Å². The van der Waals surface area contributed by atoms with E-state index in [1.54, 1.807) is 0 Å². The van der Waals surface area contributed by atoms with Gasteiger partial charge in [-0.25, -0.2) is 0 Å². The molecule has 6 rings (SSSR count). The quantitative estimate of drug-likeness (QED) is 0.248. The predicted molar refractivity (Wildman–Crippen MR) is 158 cm³/mol. The van der Waals surface area contributed by atoms with Gasteiger partial charge < -0.3 is 10.1 Å². The normalized spacial score (nSPS) is 18.3. The molecule has 186 valence electrons. The van der Waals surface area contributed by atoms with Gasteiger partial charge in [0.15, 0.2) is 5.78 Å². The maximum atomic E-state index is 13.9. The van der Waals surface area contributed by atoms with Gasteiger partial charge in [0.05, 0.1) is 10.5 Å². The van der Waals surface area contributed by atoms with Crippen LogP contribution in [0.25, 0.3) is 16.3 Å². The maximum absolute atomic E-state index is 13.9. The summed E-state index contributed by atoms with van der Waals surface area (Å²) < 4.78 is 8.22. The molecule has 5 heteroatoms. The number of nitrogens with one attached hydrogen (secondary N) is 1. The lowest BCUT2D eigenvalue weighted by atomic mass is 9.68. The zero-order chi connectivity index (χ0) is 25.7. The van der Waals surface area contributed by atoms with Gasteiger partial charge in [-0.1, -0.05) is 90.4 Å². The van der Waals surface area contributed by atoms with E-state index in [1.807, 2.05) is 24.3 Å². The number of Topliss-reactive ketones (excluding diaryl/α,β-unsaturated/α-hetero) is 1. The first-order valence-corrected chi connectivity index (χ1v) is 14.1. The van der Waals surface area contributed by atoms with Crippen molar-refractivity contribution in [2.24, 2.45) is 5.41 Å². The number of carbonyl (C=O) groups excluding carboxylic acids is 1. The monoisotopic (exact) mass is 615 g/mol. The Hall–Kier alpha value is -2.89. The van der Waals surface area contributed by atoms with Crippen LogP contribution in [-0.2, 0) is 11.4 Å². The molecular weight excluding hydrogens is 590 g/mol. The van der Waals surface area contributed by atoms with Gasteiger partial charge in [0.2, 0.25) is 0 Å². The Morgan fingerprint density at radius 2 is 1.70 bits per heavy atom. The number of ether oxygens (including phenoxy) is 1. The molecule has 1 heterocycles. The first-order chi connectivity index (χ1) is 17.8. The van der Waals surface area contributed by atoms with Crippen LogP contribution in [0.4, 0.5) is 5.69 Å². The fourth-order valence-corrected chi connectivity index (χ4v) is 7.12. The van der Waals surface area contributed by atoms with Crippen LogP contribution in [0.3, 0.4) is 0 Å². The van der Waals surface area contributed by atoms with E-state index in [0.717, 1.165) is 54.6 Å². The number of ketones is 1. The first kappa shape index (κ1) is 24.4. The topological polar surface area (TPSA) is 38.3 Å². The van der Waals surface area contributed by atoms with E-state index in [4.69, 9.17) is 4.74 Å². The number of hydrogen-bond donors (Lipinski definition) is 1. The van der Waals surface area contributed by atoms with Crippen LogP contribution < -0.4 is 10.1 Å². The maximum Gasteiger partial charge on any atom is 0.162 e. The molecule has 0 bridgehead atoms. The largest absolute Gasteiger partial charge is 0.487 e. The number of hydrogen-bond acceptors (Lipinski definition) is 3. The van der Waals surface area contributed by atoms with Gasteiger partial charge in [0, 0.05) is 33.3 Å². The Morgan fingerprint density at radius 1 is 0.946 bits per heavy atom. The lowest BCUT2D eigenvalue weighted by Crippen LogP contribution is -2.33. The van der Waals surface area contributed by atoms with E-state index in [2.05, 4.69) is 106 Å². The minimum atomic E-state index is -0.313. The molecule has 1 N–H and O–H groups in total. The average molecular weight is 617 g/mol. The van der Waals surface area contributed by atoms with Crippen molar-refractivity contribution in [2.45, 2.75) is 39.3 Å². The molecule has 1 aliphatic heterocycles. The molecule has 3 nitrogen and oxygen atoms in total. The van der Waals surface area contributed by atoms with Gasteiger partial charge in [-0.15, -0.1) is 0 Å². The summed E-state index contributed by atoms with van der Waals surface area (Å²) in [6.07, 6.45) is 1.38. The first-order valence-electron chi connectivity index (χ1n) is 12.5. The number of carbonyl (C=O) groups is 1. The third-order valence-corrected chi connectivity index (χ3v) is 8.36. The zero-order valence-electron chi connectivity index (χ0n) is 20.8. The molecule has 2 aliphatic rings. The summed E-state index contributed by atoms with van der Waals surface area (Å²) in [5, 5.41) is 6.12. The van der Waals surface area contributed by atoms with Gasteiger partial charge in [-0.05, 0) is 67.9 Å². The van der Waals surface area contributed by atoms with Crippen molar-refractivity contribution < 1.29 is 9.53 Å². The fourth-order valence-electron chi connectivity index (χ4n) is 5.75. The van der Waals surface area contributed by atoms with Crippen LogP contribution in [0.15, 0.2) is 93.4 Å². The van der Waals surface area contributed by atoms with Crippen molar-refractivity contribution in [1.29, 1.82) is 0 Å². The van der Waals surface area contributed by atoms with Gasteiger partial charge in [0.1, 0.15) is 12.4 Å². The highest BCUT2D eigenvalue weighted by Gasteiger charge is 2.41. The van der Waals surface area contributed by atoms with E-state index in [-0.39, 0.29) is 17.2 Å². The van der Waals surface area contributed by atoms with Crippen LogP contribution in [0, 0.1) is 5.41 Å². The van der Waals surface area contributed by atoms with Crippen molar-refractivity contribution in [1.82, 2.24) is 0 Å². The second-order valence-electron chi connectivity index (χ2n) is 10.7. The van der Waals surface area contributed by atoms with Crippen LogP contribution in [0.5, 0.6) is 5.75 Å². The van der Waals surface area contributed by atoms with E-state index < -0.39 is 0 Å². The van der Waals surface area contributed by atoms with Crippen molar-refractivity contribution in [3.63, 3.8) is 0 Å². The minimum absolute atomic E-state index is 0.101. The Kier molecular flexibility index (Phi) is 6.24. The van der Waals surface area contributed by atoms with E-state index in [9.17, 15) is 4.79 Å². The number of halogens is 2. The number of benzene rings is 4. The Bertz CT molecular complexity index is 1570. The molecule has 4 aromatic rings. The SMILES string of the molecule is CC1(C)CC(=O)C2=C(C1)c1c(ccc3ccccc13)N[C@H]2c1cc(Br)cc(Br)c1OCc1ccccc1. The standard InChI is InChI=1S/C32H27Br2NO2/c1-32(2)16-24-28-22-11-7-6-10-20(22)12-13-26(28)35-30(29(24)27(36)17-32)23-14-21(33)15-25(34)31(23)37-18-19-8-4-3-5-9-19/h3-15,30,35H,16-18H2,1-2H3/t30-/m0/s1. The number of fused-ring (bicyclic) bond motifs is 4. The summed E-state index contributed by atoms with van der Waals surface area (Å²) in [6.45, 7) is 4.83. The molecule has 0 fully saturated rings. The summed E-state index contributed by atoms with van der Waals surface area (Å²) in [5.41, 5.74) is 6.16. The highest BCUT2D eigenvalue weighted by Crippen LogP contribution is 2.53. The highest BCUT2D eigenvalue weighted by molar-refractivity contribution is 9.11. The molecule has 0 saturated heterocycles. The van der Waals surface area contributed by atoms with Crippen molar-refractivity contribution in [2.75, 3.05) is 5.32 Å². The molecule has 4 aromatic carbocycles. The summed E-state index contributed by atoms with van der Waals surface area (Å²) in [6, 6.07) is 26.6. The minimum Gasteiger partial charge on any atom is -0.487 e. The van der Waals surface area contributed by atoms with E-state index >= 15 is 0 Å². The summed E-state index contributed by atoms with van der Waals surface area (Å²) in [5.74, 6) is 0.950. The number of allylic oxidation sites excluding steroid dienone is 1. The zero-order valence-corrected chi connectivity index (χ0v) is 23.9. The third kappa shape index (κ3) is 4.53. The van der Waals surface area contributed by atoms with Crippen molar-refractivity contribution >= 4 is 59.7 Å². The third-order valence-electron chi connectivity index (χ3n) is 7.31. The van der Waals surface area contributed by atoms with Crippen molar-refractivity contribution in [3.8, 4) is 5.75 Å². The highest BCUT2D eigenvalue weighted by atomic mass is 79.9. The van der Waals surface area contributed by atoms with Gasteiger partial charge in [-0.2, -0.15) is 0 Å². The molecule has 1 aliphatic carbocycles. The summed E-state index contributed by atoms with van der Waals surface area (Å²) in [4.78, 5) is 13.9. The van der Waals surface area contributed by atoms with Crippen molar-refractivity contribution in [3.05, 3.63) is 110 Å². The molecule has 37 heavy (non-hydrogen) atoms. The predicted octanol–water partition coefficient (Wildman–Crippen LogP) is 9.25. The summed E-state index contributed by atoms with van der Waals surface area (Å²) in [7, 11) is 0. The molecular formula is C32H27Br2NO2. The van der Waals surface area contributed by atoms with Gasteiger partial charge >= 0.3 is 0 Å². The van der Waals surface area contributed by atoms with E-state index in [1.165, 1.54) is 10.8 Å². The Labute approximate surface area is 234 Å². The lowest BCUT2D eigenvalue weighted by Gasteiger charge is -2.40. The van der Waals surface area contributed by atoms with Gasteiger partial charge in [0.25, 0.3) is 0 Å². The van der Waals surface area contributed by atoms with Gasteiger partial charge in [-0.3, -0.25) is 4.79 Å². The molecule has 0 amide bonds. The fraction of sp³-hybridized carbons (Fsp3) is 0.219. The van der Waals surface area contributed by atoms with Crippen LogP contribution in [-0.4, -0.2) is 5.78 Å². The molecule has 0 aromatic heterocycles.